The molecule has 0 spiro atoms. The van der Waals surface area contributed by atoms with Gasteiger partial charge in [-0.15, -0.1) is 11.3 Å². The Bertz CT molecular complexity index is 1490. The lowest BCUT2D eigenvalue weighted by Crippen LogP contribution is -1.95. The number of pyridine rings is 1. The van der Waals surface area contributed by atoms with Gasteiger partial charge in [0.25, 0.3) is 0 Å². The second-order valence-electron chi connectivity index (χ2n) is 6.66. The van der Waals surface area contributed by atoms with Crippen molar-refractivity contribution in [2.75, 3.05) is 11.1 Å². The standard InChI is InChI=1S/C23H14ClN7OS/c24-17-9-14(5-7-19(17)32-21-3-1-2-8-26-21)31-23-22-18(29-13-30-23)10-16(33-22)6-4-15-11-28-20(25)12-27-15/h1-3,5,7-13H,(H2,25,28)(H,29,30,31). The molecule has 8 nitrogen and oxygen atoms in total. The Morgan fingerprint density at radius 1 is 0.970 bits per heavy atom. The number of hydrogen-bond acceptors (Lipinski definition) is 9. The van der Waals surface area contributed by atoms with Gasteiger partial charge in [0.05, 0.1) is 32.5 Å². The van der Waals surface area contributed by atoms with Crippen LogP contribution in [-0.2, 0) is 0 Å². The number of hydrogen-bond donors (Lipinski definition) is 2. The largest absolute Gasteiger partial charge is 0.437 e. The number of anilines is 3. The van der Waals surface area contributed by atoms with Crippen molar-refractivity contribution in [1.29, 1.82) is 0 Å². The summed E-state index contributed by atoms with van der Waals surface area (Å²) in [5, 5.41) is 3.73. The summed E-state index contributed by atoms with van der Waals surface area (Å²) < 4.78 is 6.60. The lowest BCUT2D eigenvalue weighted by molar-refractivity contribution is 0.463. The van der Waals surface area contributed by atoms with Gasteiger partial charge in [-0.25, -0.2) is 24.9 Å². The maximum Gasteiger partial charge on any atom is 0.219 e. The van der Waals surface area contributed by atoms with Gasteiger partial charge in [0, 0.05) is 18.0 Å². The number of ether oxygens (including phenoxy) is 1. The fourth-order valence-electron chi connectivity index (χ4n) is 2.85. The van der Waals surface area contributed by atoms with E-state index in [0.717, 1.165) is 20.8 Å². The smallest absolute Gasteiger partial charge is 0.219 e. The highest BCUT2D eigenvalue weighted by Crippen LogP contribution is 2.34. The molecule has 33 heavy (non-hydrogen) atoms. The third kappa shape index (κ3) is 4.82. The number of nitrogens with zero attached hydrogens (tertiary/aromatic N) is 5. The number of halogens is 1. The molecule has 0 amide bonds. The van der Waals surface area contributed by atoms with E-state index < -0.39 is 0 Å². The average molecular weight is 472 g/mol. The highest BCUT2D eigenvalue weighted by Gasteiger charge is 2.10. The van der Waals surface area contributed by atoms with Crippen LogP contribution in [0.25, 0.3) is 10.2 Å². The van der Waals surface area contributed by atoms with Gasteiger partial charge in [-0.1, -0.05) is 17.7 Å². The van der Waals surface area contributed by atoms with Crippen molar-refractivity contribution >= 4 is 50.5 Å². The van der Waals surface area contributed by atoms with E-state index >= 15 is 0 Å². The fraction of sp³-hybridized carbons (Fsp3) is 0. The Labute approximate surface area is 197 Å². The molecule has 4 heterocycles. The number of benzene rings is 1. The van der Waals surface area contributed by atoms with E-state index in [9.17, 15) is 0 Å². The predicted molar refractivity (Wildman–Crippen MR) is 129 cm³/mol. The summed E-state index contributed by atoms with van der Waals surface area (Å²) in [4.78, 5) is 21.8. The first-order chi connectivity index (χ1) is 16.1. The van der Waals surface area contributed by atoms with Crippen molar-refractivity contribution in [1.82, 2.24) is 24.9 Å². The summed E-state index contributed by atoms with van der Waals surface area (Å²) in [7, 11) is 0. The molecule has 0 unspecified atom stereocenters. The van der Waals surface area contributed by atoms with E-state index in [1.54, 1.807) is 24.4 Å². The highest BCUT2D eigenvalue weighted by molar-refractivity contribution is 7.20. The third-order valence-electron chi connectivity index (χ3n) is 4.34. The van der Waals surface area contributed by atoms with Crippen molar-refractivity contribution in [2.45, 2.75) is 0 Å². The van der Waals surface area contributed by atoms with Crippen LogP contribution in [-0.4, -0.2) is 24.9 Å². The maximum absolute atomic E-state index is 6.42. The Morgan fingerprint density at radius 2 is 1.91 bits per heavy atom. The first-order valence-corrected chi connectivity index (χ1v) is 10.8. The normalized spacial score (nSPS) is 10.5. The minimum atomic E-state index is 0.352. The Kier molecular flexibility index (Phi) is 5.68. The summed E-state index contributed by atoms with van der Waals surface area (Å²) in [5.41, 5.74) is 7.63. The predicted octanol–water partition coefficient (Wildman–Crippen LogP) is 5.05. The van der Waals surface area contributed by atoms with Crippen LogP contribution >= 0.6 is 22.9 Å². The first-order valence-electron chi connectivity index (χ1n) is 9.63. The van der Waals surface area contributed by atoms with Crippen LogP contribution in [0.3, 0.4) is 0 Å². The molecule has 0 saturated heterocycles. The second kappa shape index (κ2) is 9.08. The molecule has 0 radical (unpaired) electrons. The Morgan fingerprint density at radius 3 is 2.70 bits per heavy atom. The summed E-state index contributed by atoms with van der Waals surface area (Å²) in [5.74, 6) is 8.04. The first kappa shape index (κ1) is 20.6. The molecular weight excluding hydrogens is 458 g/mol. The molecule has 1 aromatic carbocycles. The van der Waals surface area contributed by atoms with Gasteiger partial charge in [-0.2, -0.15) is 0 Å². The molecular formula is C23H14ClN7OS. The topological polar surface area (TPSA) is 112 Å². The van der Waals surface area contributed by atoms with E-state index in [-0.39, 0.29) is 0 Å². The SMILES string of the molecule is Nc1cnc(C#Cc2cc3ncnc(Nc4ccc(Oc5ccccn5)c(Cl)c4)c3s2)cn1. The lowest BCUT2D eigenvalue weighted by atomic mass is 10.3. The van der Waals surface area contributed by atoms with E-state index in [1.165, 1.54) is 30.1 Å². The van der Waals surface area contributed by atoms with Crippen LogP contribution in [0.15, 0.2) is 67.4 Å². The molecule has 10 heteroatoms. The number of aromatic nitrogens is 5. The monoisotopic (exact) mass is 471 g/mol. The molecule has 4 aromatic heterocycles. The zero-order valence-corrected chi connectivity index (χ0v) is 18.4. The minimum absolute atomic E-state index is 0.352. The summed E-state index contributed by atoms with van der Waals surface area (Å²) in [6, 6.07) is 12.7. The summed E-state index contributed by atoms with van der Waals surface area (Å²) in [6.07, 6.45) is 6.16. The zero-order valence-electron chi connectivity index (χ0n) is 16.9. The molecule has 0 saturated carbocycles. The second-order valence-corrected chi connectivity index (χ2v) is 8.12. The van der Waals surface area contributed by atoms with Crippen molar-refractivity contribution in [3.05, 3.63) is 83.0 Å². The van der Waals surface area contributed by atoms with E-state index in [4.69, 9.17) is 22.1 Å². The van der Waals surface area contributed by atoms with E-state index in [2.05, 4.69) is 42.1 Å². The lowest BCUT2D eigenvalue weighted by Gasteiger charge is -2.10. The van der Waals surface area contributed by atoms with Crippen LogP contribution in [0.2, 0.25) is 5.02 Å². The summed E-state index contributed by atoms with van der Waals surface area (Å²) in [6.45, 7) is 0. The fourth-order valence-corrected chi connectivity index (χ4v) is 3.98. The maximum atomic E-state index is 6.42. The molecule has 3 N–H and O–H groups in total. The molecule has 0 atom stereocenters. The van der Waals surface area contributed by atoms with Gasteiger partial charge in [-0.3, -0.25) is 0 Å². The van der Waals surface area contributed by atoms with Gasteiger partial charge in [0.15, 0.2) is 5.82 Å². The summed E-state index contributed by atoms with van der Waals surface area (Å²) >= 11 is 7.89. The van der Waals surface area contributed by atoms with Gasteiger partial charge in [-0.05, 0) is 42.2 Å². The van der Waals surface area contributed by atoms with Crippen molar-refractivity contribution in [3.63, 3.8) is 0 Å². The number of fused-ring (bicyclic) bond motifs is 1. The number of thiophene rings is 1. The number of nitrogen functional groups attached to an aromatic ring is 1. The van der Waals surface area contributed by atoms with Gasteiger partial charge in [0.1, 0.15) is 23.6 Å². The van der Waals surface area contributed by atoms with Gasteiger partial charge >= 0.3 is 0 Å². The molecule has 5 aromatic rings. The van der Waals surface area contributed by atoms with Crippen LogP contribution in [0.5, 0.6) is 11.6 Å². The van der Waals surface area contributed by atoms with Gasteiger partial charge in [0.2, 0.25) is 5.88 Å². The molecule has 160 valence electrons. The molecule has 0 aliphatic carbocycles. The molecule has 0 fully saturated rings. The number of nitrogens with two attached hydrogens (primary N) is 1. The number of rotatable bonds is 4. The Hall–Kier alpha value is -4.26. The van der Waals surface area contributed by atoms with Crippen LogP contribution in [0.1, 0.15) is 10.6 Å². The van der Waals surface area contributed by atoms with Gasteiger partial charge < -0.3 is 15.8 Å². The van der Waals surface area contributed by atoms with Crippen molar-refractivity contribution < 1.29 is 4.74 Å². The molecule has 0 bridgehead atoms. The van der Waals surface area contributed by atoms with Crippen molar-refractivity contribution in [3.8, 4) is 23.5 Å². The zero-order chi connectivity index (χ0) is 22.6. The highest BCUT2D eigenvalue weighted by atomic mass is 35.5. The molecule has 5 rings (SSSR count). The molecule has 0 aliphatic rings. The van der Waals surface area contributed by atoms with Crippen LogP contribution in [0, 0.1) is 11.8 Å². The quantitative estimate of drug-likeness (QED) is 0.350. The minimum Gasteiger partial charge on any atom is -0.437 e. The molecule has 0 aliphatic heterocycles. The van der Waals surface area contributed by atoms with Crippen LogP contribution < -0.4 is 15.8 Å². The third-order valence-corrected chi connectivity index (χ3v) is 5.69. The Balaban J connectivity index is 1.38. The number of nitrogens with one attached hydrogen (secondary N) is 1. The van der Waals surface area contributed by atoms with E-state index in [1.807, 2.05) is 24.3 Å². The van der Waals surface area contributed by atoms with Crippen LogP contribution in [0.4, 0.5) is 17.3 Å². The van der Waals surface area contributed by atoms with Crippen molar-refractivity contribution in [2.24, 2.45) is 0 Å². The van der Waals surface area contributed by atoms with E-state index in [0.29, 0.717) is 34.0 Å². The average Bonchev–Trinajstić information content (AvgIpc) is 3.25.